The molecule has 1 unspecified atom stereocenters. The summed E-state index contributed by atoms with van der Waals surface area (Å²) in [4.78, 5) is 40.6. The molecule has 1 aromatic carbocycles. The highest BCUT2D eigenvalue weighted by molar-refractivity contribution is 6.34. The Morgan fingerprint density at radius 1 is 1.03 bits per heavy atom. The van der Waals surface area contributed by atoms with E-state index in [1.54, 1.807) is 11.6 Å². The number of pyridine rings is 1. The Kier molecular flexibility index (Phi) is 5.56. The zero-order valence-corrected chi connectivity index (χ0v) is 17.9. The minimum Gasteiger partial charge on any atom is -0.367 e. The number of aryl methyl sites for hydroxylation is 2. The van der Waals surface area contributed by atoms with Crippen molar-refractivity contribution in [1.29, 1.82) is 0 Å². The Labute approximate surface area is 180 Å². The molecule has 0 saturated carbocycles. The summed E-state index contributed by atoms with van der Waals surface area (Å²) in [6.45, 7) is 4.83. The normalized spacial score (nSPS) is 19.8. The van der Waals surface area contributed by atoms with Crippen molar-refractivity contribution in [3.8, 4) is 0 Å². The monoisotopic (exact) mass is 428 g/mol. The smallest absolute Gasteiger partial charge is 0.273 e. The molecule has 30 heavy (non-hydrogen) atoms. The molecule has 2 aliphatic heterocycles. The van der Waals surface area contributed by atoms with Crippen LogP contribution in [0.5, 0.6) is 0 Å². The highest BCUT2D eigenvalue weighted by Gasteiger charge is 2.31. The summed E-state index contributed by atoms with van der Waals surface area (Å²) in [5.41, 5.74) is 3.42. The molecule has 2 aliphatic rings. The molecular weight excluding hydrogens is 404 g/mol. The first-order valence-electron chi connectivity index (χ1n) is 10.1. The van der Waals surface area contributed by atoms with Gasteiger partial charge in [-0.25, -0.2) is 0 Å². The van der Waals surface area contributed by atoms with Crippen LogP contribution in [0.1, 0.15) is 29.9 Å². The van der Waals surface area contributed by atoms with Crippen LogP contribution in [0, 0.1) is 6.92 Å². The summed E-state index contributed by atoms with van der Waals surface area (Å²) < 4.78 is 1.62. The second-order valence-corrected chi connectivity index (χ2v) is 8.35. The van der Waals surface area contributed by atoms with Crippen molar-refractivity contribution >= 4 is 34.8 Å². The van der Waals surface area contributed by atoms with Gasteiger partial charge in [0.25, 0.3) is 5.56 Å². The van der Waals surface area contributed by atoms with Crippen molar-refractivity contribution in [1.82, 2.24) is 9.88 Å². The Bertz CT molecular complexity index is 1060. The van der Waals surface area contributed by atoms with Crippen LogP contribution in [0.15, 0.2) is 35.3 Å². The number of carbonyl (C=O) groups excluding carboxylic acids is 2. The number of hydrogen-bond acceptors (Lipinski definition) is 5. The fraction of sp³-hybridized carbons (Fsp3) is 0.409. The molecule has 2 saturated heterocycles. The minimum atomic E-state index is -0.410. The zero-order valence-electron chi connectivity index (χ0n) is 17.2. The van der Waals surface area contributed by atoms with Crippen molar-refractivity contribution in [2.75, 3.05) is 36.0 Å². The van der Waals surface area contributed by atoms with Crippen LogP contribution in [0.2, 0.25) is 5.02 Å². The van der Waals surface area contributed by atoms with E-state index >= 15 is 0 Å². The topological polar surface area (TPSA) is 74.7 Å². The van der Waals surface area contributed by atoms with Gasteiger partial charge in [0.15, 0.2) is 0 Å². The lowest BCUT2D eigenvalue weighted by Gasteiger charge is -2.38. The van der Waals surface area contributed by atoms with Gasteiger partial charge in [0.05, 0.1) is 16.6 Å². The number of piperidine rings is 1. The van der Waals surface area contributed by atoms with E-state index in [1.165, 1.54) is 0 Å². The third-order valence-electron chi connectivity index (χ3n) is 5.88. The van der Waals surface area contributed by atoms with E-state index < -0.39 is 5.92 Å². The summed E-state index contributed by atoms with van der Waals surface area (Å²) in [7, 11) is 1.77. The maximum absolute atomic E-state index is 12.5. The first kappa shape index (κ1) is 20.5. The number of imide groups is 1. The molecule has 2 fully saturated rings. The standard InChI is InChI=1S/C22H25ClN4O3/c1-14-12-18(22(30)25(2)13-14)27-10-8-26(9-11-27)17-5-3-4-15(20(17)23)16-6-7-19(28)24-21(16)29/h3-5,12-13,16H,6-11H2,1-2H3,(H,24,28,29). The molecule has 4 rings (SSSR count). The summed E-state index contributed by atoms with van der Waals surface area (Å²) in [5.74, 6) is -0.931. The molecule has 1 N–H and O–H groups in total. The predicted molar refractivity (Wildman–Crippen MR) is 117 cm³/mol. The maximum Gasteiger partial charge on any atom is 0.273 e. The van der Waals surface area contributed by atoms with Crippen molar-refractivity contribution in [2.24, 2.45) is 7.05 Å². The Balaban J connectivity index is 1.53. The van der Waals surface area contributed by atoms with E-state index in [1.807, 2.05) is 37.4 Å². The molecule has 1 aromatic heterocycles. The Morgan fingerprint density at radius 2 is 1.70 bits per heavy atom. The number of nitrogens with zero attached hydrogens (tertiary/aromatic N) is 3. The van der Waals surface area contributed by atoms with Gasteiger partial charge in [-0.05, 0) is 36.6 Å². The van der Waals surface area contributed by atoms with Gasteiger partial charge in [-0.2, -0.15) is 0 Å². The van der Waals surface area contributed by atoms with Gasteiger partial charge >= 0.3 is 0 Å². The number of anilines is 2. The molecule has 2 aromatic rings. The molecule has 0 radical (unpaired) electrons. The minimum absolute atomic E-state index is 0.00642. The van der Waals surface area contributed by atoms with Crippen LogP contribution in [-0.4, -0.2) is 42.6 Å². The number of halogens is 1. The molecule has 8 heteroatoms. The number of amides is 2. The molecule has 0 bridgehead atoms. The zero-order chi connectivity index (χ0) is 21.4. The third kappa shape index (κ3) is 3.81. The largest absolute Gasteiger partial charge is 0.367 e. The number of hydrogen-bond donors (Lipinski definition) is 1. The first-order chi connectivity index (χ1) is 14.3. The quantitative estimate of drug-likeness (QED) is 0.758. The summed E-state index contributed by atoms with van der Waals surface area (Å²) >= 11 is 6.72. The van der Waals surface area contributed by atoms with Gasteiger partial charge in [0, 0.05) is 45.8 Å². The number of piperazine rings is 1. The summed E-state index contributed by atoms with van der Waals surface area (Å²) in [6.07, 6.45) is 2.63. The fourth-order valence-electron chi connectivity index (χ4n) is 4.32. The highest BCUT2D eigenvalue weighted by atomic mass is 35.5. The number of benzene rings is 1. The molecule has 3 heterocycles. The van der Waals surface area contributed by atoms with Gasteiger partial charge in [-0.15, -0.1) is 0 Å². The van der Waals surface area contributed by atoms with Gasteiger partial charge in [0.2, 0.25) is 11.8 Å². The lowest BCUT2D eigenvalue weighted by molar-refractivity contribution is -0.134. The van der Waals surface area contributed by atoms with E-state index in [9.17, 15) is 14.4 Å². The lowest BCUT2D eigenvalue weighted by atomic mass is 9.90. The summed E-state index contributed by atoms with van der Waals surface area (Å²) in [5, 5.41) is 2.97. The van der Waals surface area contributed by atoms with E-state index in [2.05, 4.69) is 15.1 Å². The number of rotatable bonds is 3. The van der Waals surface area contributed by atoms with Crippen LogP contribution in [0.25, 0.3) is 0 Å². The van der Waals surface area contributed by atoms with Crippen molar-refractivity contribution < 1.29 is 9.59 Å². The van der Waals surface area contributed by atoms with Crippen molar-refractivity contribution in [3.63, 3.8) is 0 Å². The SMILES string of the molecule is Cc1cc(N2CCN(c3cccc(C4CCC(=O)NC4=O)c3Cl)CC2)c(=O)n(C)c1. The average molecular weight is 429 g/mol. The van der Waals surface area contributed by atoms with E-state index in [-0.39, 0.29) is 17.4 Å². The van der Waals surface area contributed by atoms with E-state index in [4.69, 9.17) is 11.6 Å². The van der Waals surface area contributed by atoms with Crippen LogP contribution < -0.4 is 20.7 Å². The number of carbonyl (C=O) groups is 2. The average Bonchev–Trinajstić information content (AvgIpc) is 2.72. The van der Waals surface area contributed by atoms with Gasteiger partial charge in [0.1, 0.15) is 5.69 Å². The number of nitrogens with one attached hydrogen (secondary N) is 1. The molecular formula is C22H25ClN4O3. The molecule has 1 atom stereocenters. The van der Waals surface area contributed by atoms with Crippen LogP contribution in [0.4, 0.5) is 11.4 Å². The second-order valence-electron chi connectivity index (χ2n) is 7.98. The molecule has 0 spiro atoms. The summed E-state index contributed by atoms with van der Waals surface area (Å²) in [6, 6.07) is 7.66. The van der Waals surface area contributed by atoms with Gasteiger partial charge < -0.3 is 14.4 Å². The highest BCUT2D eigenvalue weighted by Crippen LogP contribution is 2.37. The second kappa shape index (κ2) is 8.14. The molecule has 158 valence electrons. The van der Waals surface area contributed by atoms with Crippen LogP contribution in [0.3, 0.4) is 0 Å². The third-order valence-corrected chi connectivity index (χ3v) is 6.30. The first-order valence-corrected chi connectivity index (χ1v) is 10.5. The lowest BCUT2D eigenvalue weighted by Crippen LogP contribution is -2.48. The van der Waals surface area contributed by atoms with E-state index in [0.29, 0.717) is 31.0 Å². The maximum atomic E-state index is 12.5. The molecule has 2 amide bonds. The fourth-order valence-corrected chi connectivity index (χ4v) is 4.69. The van der Waals surface area contributed by atoms with Crippen LogP contribution >= 0.6 is 11.6 Å². The Hall–Kier alpha value is -2.80. The van der Waals surface area contributed by atoms with Crippen molar-refractivity contribution in [2.45, 2.75) is 25.7 Å². The molecule has 0 aliphatic carbocycles. The van der Waals surface area contributed by atoms with Gasteiger partial charge in [-0.1, -0.05) is 23.7 Å². The van der Waals surface area contributed by atoms with E-state index in [0.717, 1.165) is 35.6 Å². The number of aromatic nitrogens is 1. The van der Waals surface area contributed by atoms with Crippen molar-refractivity contribution in [3.05, 3.63) is 57.0 Å². The molecule has 7 nitrogen and oxygen atoms in total. The predicted octanol–water partition coefficient (Wildman–Crippen LogP) is 2.19. The Morgan fingerprint density at radius 3 is 2.37 bits per heavy atom. The van der Waals surface area contributed by atoms with Gasteiger partial charge in [-0.3, -0.25) is 19.7 Å². The van der Waals surface area contributed by atoms with Crippen LogP contribution in [-0.2, 0) is 16.6 Å².